The van der Waals surface area contributed by atoms with Crippen molar-refractivity contribution in [1.82, 2.24) is 19.9 Å². The molecule has 0 spiro atoms. The molecule has 8 nitrogen and oxygen atoms in total. The monoisotopic (exact) mass is 485 g/mol. The normalized spacial score (nSPS) is 25.4. The highest BCUT2D eigenvalue weighted by Gasteiger charge is 2.55. The number of hydrogen-bond acceptors (Lipinski definition) is 8. The summed E-state index contributed by atoms with van der Waals surface area (Å²) in [6.07, 6.45) is 4.70. The van der Waals surface area contributed by atoms with Gasteiger partial charge in [0.25, 0.3) is 0 Å². The molecule has 0 radical (unpaired) electrons. The van der Waals surface area contributed by atoms with E-state index < -0.39 is 0 Å². The molecule has 0 unspecified atom stereocenters. The lowest BCUT2D eigenvalue weighted by atomic mass is 9.73. The van der Waals surface area contributed by atoms with Gasteiger partial charge in [0.15, 0.2) is 0 Å². The molecule has 5 heterocycles. The van der Waals surface area contributed by atoms with Gasteiger partial charge in [0, 0.05) is 60.9 Å². The zero-order chi connectivity index (χ0) is 24.9. The number of fused-ring (bicyclic) bond motifs is 3. The number of rotatable bonds is 4. The summed E-state index contributed by atoms with van der Waals surface area (Å²) in [6.45, 7) is 11.5. The maximum Gasteiger partial charge on any atom is 0.229 e. The summed E-state index contributed by atoms with van der Waals surface area (Å²) < 4.78 is 6.29. The molecule has 3 aliphatic rings. The van der Waals surface area contributed by atoms with Crippen molar-refractivity contribution in [2.75, 3.05) is 55.0 Å². The van der Waals surface area contributed by atoms with Gasteiger partial charge in [-0.15, -0.1) is 0 Å². The van der Waals surface area contributed by atoms with Crippen molar-refractivity contribution >= 4 is 29.0 Å². The van der Waals surface area contributed by atoms with Gasteiger partial charge in [-0.25, -0.2) is 9.97 Å². The summed E-state index contributed by atoms with van der Waals surface area (Å²) in [5.74, 6) is 2.41. The van der Waals surface area contributed by atoms with Gasteiger partial charge in [0.2, 0.25) is 5.95 Å². The second-order valence-electron chi connectivity index (χ2n) is 11.1. The highest BCUT2D eigenvalue weighted by molar-refractivity contribution is 5.71. The molecule has 6 rings (SSSR count). The highest BCUT2D eigenvalue weighted by atomic mass is 16.5. The van der Waals surface area contributed by atoms with Crippen LogP contribution in [0.2, 0.25) is 0 Å². The van der Waals surface area contributed by atoms with Gasteiger partial charge in [-0.2, -0.15) is 4.98 Å². The summed E-state index contributed by atoms with van der Waals surface area (Å²) in [5, 5.41) is 3.43. The lowest BCUT2D eigenvalue weighted by Crippen LogP contribution is -2.54. The molecule has 188 valence electrons. The number of nitrogens with one attached hydrogen (secondary N) is 1. The smallest absolute Gasteiger partial charge is 0.229 e. The van der Waals surface area contributed by atoms with Gasteiger partial charge in [-0.1, -0.05) is 13.0 Å². The number of piperazine rings is 1. The first-order valence-corrected chi connectivity index (χ1v) is 12.8. The van der Waals surface area contributed by atoms with Crippen molar-refractivity contribution in [1.29, 1.82) is 0 Å². The Bertz CT molecular complexity index is 1220. The van der Waals surface area contributed by atoms with Crippen LogP contribution in [0, 0.1) is 0 Å². The molecular formula is C28H35N7O. The maximum absolute atomic E-state index is 6.29. The van der Waals surface area contributed by atoms with E-state index in [9.17, 15) is 0 Å². The van der Waals surface area contributed by atoms with E-state index in [-0.39, 0.29) is 17.1 Å². The minimum atomic E-state index is -0.209. The molecule has 0 bridgehead atoms. The van der Waals surface area contributed by atoms with Crippen LogP contribution in [0.1, 0.15) is 32.8 Å². The van der Waals surface area contributed by atoms with Crippen LogP contribution in [-0.4, -0.2) is 71.3 Å². The molecule has 0 amide bonds. The predicted molar refractivity (Wildman–Crippen MR) is 144 cm³/mol. The zero-order valence-corrected chi connectivity index (χ0v) is 21.6. The average molecular weight is 486 g/mol. The van der Waals surface area contributed by atoms with Crippen molar-refractivity contribution in [3.8, 4) is 0 Å². The van der Waals surface area contributed by atoms with E-state index in [0.29, 0.717) is 12.6 Å². The molecule has 2 saturated heterocycles. The molecule has 0 aliphatic carbocycles. The summed E-state index contributed by atoms with van der Waals surface area (Å²) in [4.78, 5) is 21.6. The van der Waals surface area contributed by atoms with Gasteiger partial charge < -0.3 is 24.8 Å². The third-order valence-corrected chi connectivity index (χ3v) is 7.99. The Morgan fingerprint density at radius 1 is 0.972 bits per heavy atom. The van der Waals surface area contributed by atoms with Gasteiger partial charge in [0.05, 0.1) is 18.2 Å². The number of nitrogens with zero attached hydrogens (tertiary/aromatic N) is 6. The van der Waals surface area contributed by atoms with Crippen LogP contribution in [-0.2, 0) is 10.2 Å². The zero-order valence-electron chi connectivity index (χ0n) is 21.6. The summed E-state index contributed by atoms with van der Waals surface area (Å²) in [6, 6.07) is 14.8. The summed E-state index contributed by atoms with van der Waals surface area (Å²) >= 11 is 0. The summed E-state index contributed by atoms with van der Waals surface area (Å²) in [5.41, 5.74) is 2.93. The van der Waals surface area contributed by atoms with Crippen molar-refractivity contribution < 1.29 is 4.74 Å². The Hall–Kier alpha value is -3.23. The minimum Gasteiger partial charge on any atom is -0.374 e. The number of aromatic nitrogens is 3. The van der Waals surface area contributed by atoms with E-state index in [1.165, 1.54) is 5.69 Å². The van der Waals surface area contributed by atoms with E-state index in [2.05, 4.69) is 78.2 Å². The largest absolute Gasteiger partial charge is 0.374 e. The molecule has 2 atom stereocenters. The van der Waals surface area contributed by atoms with Crippen molar-refractivity contribution in [3.63, 3.8) is 0 Å². The van der Waals surface area contributed by atoms with Crippen LogP contribution in [0.4, 0.5) is 29.0 Å². The standard InChI is InChI=1S/C28H35N7O/c1-27(2)17-23-28(3,19-36-27)22-18-30-26(32-25(22)35(23)24-7-5-6-12-29-24)31-20-8-10-21(11-9-20)34-15-13-33(4)14-16-34/h5-12,18,23H,13-17,19H2,1-4H3,(H,30,31,32)/t23-,28-/m1/s1. The molecule has 1 aromatic carbocycles. The predicted octanol–water partition coefficient (Wildman–Crippen LogP) is 4.34. The molecule has 0 saturated carbocycles. The average Bonchev–Trinajstić information content (AvgIpc) is 3.12. The molecule has 3 aromatic rings. The Morgan fingerprint density at radius 2 is 1.75 bits per heavy atom. The van der Waals surface area contributed by atoms with Crippen molar-refractivity contribution in [2.24, 2.45) is 0 Å². The highest BCUT2D eigenvalue weighted by Crippen LogP contribution is 2.52. The number of likely N-dealkylation sites (N-methyl/N-ethyl adjacent to an activating group) is 1. The van der Waals surface area contributed by atoms with Gasteiger partial charge in [-0.05, 0) is 63.7 Å². The Labute approximate surface area is 213 Å². The maximum atomic E-state index is 6.29. The number of pyridine rings is 1. The Balaban J connectivity index is 1.29. The van der Waals surface area contributed by atoms with Crippen LogP contribution in [0.25, 0.3) is 0 Å². The van der Waals surface area contributed by atoms with Gasteiger partial charge >= 0.3 is 0 Å². The first kappa shape index (κ1) is 23.2. The van der Waals surface area contributed by atoms with E-state index in [4.69, 9.17) is 19.7 Å². The molecule has 36 heavy (non-hydrogen) atoms. The SMILES string of the molecule is CN1CCN(c2ccc(Nc3ncc4c(n3)N(c3ccccn3)[C@@H]3CC(C)(C)OC[C@]43C)cc2)CC1. The second-order valence-corrected chi connectivity index (χ2v) is 11.1. The van der Waals surface area contributed by atoms with Crippen LogP contribution in [0.3, 0.4) is 0 Å². The number of hydrogen-bond donors (Lipinski definition) is 1. The minimum absolute atomic E-state index is 0.193. The van der Waals surface area contributed by atoms with Crippen LogP contribution < -0.4 is 15.1 Å². The van der Waals surface area contributed by atoms with Crippen LogP contribution in [0.15, 0.2) is 54.9 Å². The fourth-order valence-electron chi connectivity index (χ4n) is 5.71. The van der Waals surface area contributed by atoms with E-state index >= 15 is 0 Å². The molecule has 3 aliphatic heterocycles. The van der Waals surface area contributed by atoms with E-state index in [1.807, 2.05) is 24.5 Å². The third-order valence-electron chi connectivity index (χ3n) is 7.99. The quantitative estimate of drug-likeness (QED) is 0.585. The Morgan fingerprint density at radius 3 is 2.47 bits per heavy atom. The van der Waals surface area contributed by atoms with Gasteiger partial charge in [-0.3, -0.25) is 0 Å². The number of anilines is 5. The van der Waals surface area contributed by atoms with Gasteiger partial charge in [0.1, 0.15) is 11.6 Å². The lowest BCUT2D eigenvalue weighted by Gasteiger charge is -2.46. The van der Waals surface area contributed by atoms with Crippen LogP contribution in [0.5, 0.6) is 0 Å². The van der Waals surface area contributed by atoms with Crippen molar-refractivity contribution in [2.45, 2.75) is 44.2 Å². The fraction of sp³-hybridized carbons (Fsp3) is 0.464. The fourth-order valence-corrected chi connectivity index (χ4v) is 5.71. The molecule has 2 fully saturated rings. The number of benzene rings is 1. The molecule has 2 aromatic heterocycles. The third kappa shape index (κ3) is 4.08. The topological polar surface area (TPSA) is 69.7 Å². The summed E-state index contributed by atoms with van der Waals surface area (Å²) in [7, 11) is 2.18. The second kappa shape index (κ2) is 8.71. The lowest BCUT2D eigenvalue weighted by molar-refractivity contribution is -0.0893. The van der Waals surface area contributed by atoms with Crippen molar-refractivity contribution in [3.05, 3.63) is 60.4 Å². The van der Waals surface area contributed by atoms with E-state index in [1.54, 1.807) is 0 Å². The number of ether oxygens (including phenoxy) is 1. The molecular weight excluding hydrogens is 450 g/mol. The molecule has 8 heteroatoms. The first-order valence-electron chi connectivity index (χ1n) is 12.8. The van der Waals surface area contributed by atoms with Crippen LogP contribution >= 0.6 is 0 Å². The van der Waals surface area contributed by atoms with E-state index in [0.717, 1.165) is 55.5 Å². The Kier molecular flexibility index (Phi) is 5.61. The molecule has 1 N–H and O–H groups in total. The first-order chi connectivity index (χ1) is 17.3.